The van der Waals surface area contributed by atoms with Crippen molar-refractivity contribution in [2.45, 2.75) is 26.2 Å². The summed E-state index contributed by atoms with van der Waals surface area (Å²) in [5.41, 5.74) is 0. The third-order valence-corrected chi connectivity index (χ3v) is 2.07. The molecule has 0 amide bonds. The van der Waals surface area contributed by atoms with Crippen LogP contribution in [-0.4, -0.2) is 6.79 Å². The summed E-state index contributed by atoms with van der Waals surface area (Å²) in [6.07, 6.45) is 3.85. The van der Waals surface area contributed by atoms with Crippen molar-refractivity contribution in [1.82, 2.24) is 0 Å². The van der Waals surface area contributed by atoms with Gasteiger partial charge < -0.3 is 9.47 Å². The summed E-state index contributed by atoms with van der Waals surface area (Å²) in [5.74, 6) is 2.97. The zero-order chi connectivity index (χ0) is 6.97. The lowest BCUT2D eigenvalue weighted by Gasteiger charge is -1.97. The predicted octanol–water partition coefficient (Wildman–Crippen LogP) is 2.02. The minimum Gasteiger partial charge on any atom is -0.459 e. The molecule has 0 saturated heterocycles. The van der Waals surface area contributed by atoms with E-state index in [0.29, 0.717) is 6.79 Å². The van der Waals surface area contributed by atoms with Crippen molar-refractivity contribution in [3.8, 4) is 0 Å². The van der Waals surface area contributed by atoms with Crippen molar-refractivity contribution in [3.05, 3.63) is 11.5 Å². The Hall–Kier alpha value is -0.660. The van der Waals surface area contributed by atoms with Gasteiger partial charge in [-0.1, -0.05) is 0 Å². The molecule has 2 rings (SSSR count). The monoisotopic (exact) mass is 140 g/mol. The Morgan fingerprint density at radius 3 is 2.70 bits per heavy atom. The Morgan fingerprint density at radius 1 is 1.40 bits per heavy atom. The molecule has 1 saturated carbocycles. The highest BCUT2D eigenvalue weighted by atomic mass is 16.7. The summed E-state index contributed by atoms with van der Waals surface area (Å²) >= 11 is 0. The van der Waals surface area contributed by atoms with E-state index in [2.05, 4.69) is 0 Å². The molecule has 1 aliphatic carbocycles. The first-order chi connectivity index (χ1) is 4.86. The van der Waals surface area contributed by atoms with Crippen LogP contribution in [-0.2, 0) is 9.47 Å². The van der Waals surface area contributed by atoms with E-state index in [1.165, 1.54) is 12.8 Å². The van der Waals surface area contributed by atoms with E-state index in [1.54, 1.807) is 0 Å². The van der Waals surface area contributed by atoms with Gasteiger partial charge >= 0.3 is 0 Å². The molecule has 1 fully saturated rings. The number of ether oxygens (including phenoxy) is 2. The second-order valence-corrected chi connectivity index (χ2v) is 3.03. The van der Waals surface area contributed by atoms with Gasteiger partial charge in [0.2, 0.25) is 6.79 Å². The molecule has 2 aliphatic rings. The van der Waals surface area contributed by atoms with Crippen LogP contribution >= 0.6 is 0 Å². The van der Waals surface area contributed by atoms with E-state index < -0.39 is 0 Å². The first-order valence-electron chi connectivity index (χ1n) is 3.81. The van der Waals surface area contributed by atoms with Gasteiger partial charge in [0.1, 0.15) is 11.5 Å². The quantitative estimate of drug-likeness (QED) is 0.584. The molecule has 0 aromatic rings. The van der Waals surface area contributed by atoms with E-state index in [4.69, 9.17) is 9.47 Å². The van der Waals surface area contributed by atoms with Gasteiger partial charge in [0.05, 0.1) is 0 Å². The molecule has 2 nitrogen and oxygen atoms in total. The number of hydrogen-bond donors (Lipinski definition) is 0. The molecule has 10 heavy (non-hydrogen) atoms. The van der Waals surface area contributed by atoms with Gasteiger partial charge in [-0.15, -0.1) is 0 Å². The van der Waals surface area contributed by atoms with Gasteiger partial charge in [-0.05, 0) is 25.7 Å². The molecule has 0 unspecified atom stereocenters. The van der Waals surface area contributed by atoms with Crippen molar-refractivity contribution in [2.24, 2.45) is 5.92 Å². The minimum atomic E-state index is 0.438. The molecule has 1 aliphatic heterocycles. The Labute approximate surface area is 60.8 Å². The predicted molar refractivity (Wildman–Crippen MR) is 37.1 cm³/mol. The summed E-state index contributed by atoms with van der Waals surface area (Å²) < 4.78 is 10.4. The van der Waals surface area contributed by atoms with Gasteiger partial charge in [0, 0.05) is 6.42 Å². The number of hydrogen-bond acceptors (Lipinski definition) is 2. The Balaban J connectivity index is 1.94. The zero-order valence-corrected chi connectivity index (χ0v) is 6.22. The van der Waals surface area contributed by atoms with Gasteiger partial charge in [-0.2, -0.15) is 0 Å². The van der Waals surface area contributed by atoms with Gasteiger partial charge in [-0.3, -0.25) is 0 Å². The van der Waals surface area contributed by atoms with E-state index in [9.17, 15) is 0 Å². The molecule has 0 aromatic heterocycles. The van der Waals surface area contributed by atoms with Crippen molar-refractivity contribution in [3.63, 3.8) is 0 Å². The zero-order valence-electron chi connectivity index (χ0n) is 6.22. The number of rotatable bonds is 2. The fraction of sp³-hybridized carbons (Fsp3) is 0.750. The van der Waals surface area contributed by atoms with Crippen LogP contribution in [0.1, 0.15) is 26.2 Å². The summed E-state index contributed by atoms with van der Waals surface area (Å²) in [7, 11) is 0. The summed E-state index contributed by atoms with van der Waals surface area (Å²) in [6.45, 7) is 2.42. The van der Waals surface area contributed by atoms with Gasteiger partial charge in [0.15, 0.2) is 0 Å². The topological polar surface area (TPSA) is 18.5 Å². The molecule has 0 atom stereocenters. The average Bonchev–Trinajstić information content (AvgIpc) is 2.62. The van der Waals surface area contributed by atoms with Crippen LogP contribution in [0.2, 0.25) is 0 Å². The van der Waals surface area contributed by atoms with Crippen LogP contribution in [0.25, 0.3) is 0 Å². The highest BCUT2D eigenvalue weighted by Gasteiger charge is 2.26. The van der Waals surface area contributed by atoms with Gasteiger partial charge in [-0.25, -0.2) is 0 Å². The molecule has 0 spiro atoms. The molecule has 1 heterocycles. The lowest BCUT2D eigenvalue weighted by Crippen LogP contribution is -1.86. The summed E-state index contributed by atoms with van der Waals surface area (Å²) in [4.78, 5) is 0. The maximum absolute atomic E-state index is 5.27. The molecule has 0 N–H and O–H groups in total. The maximum Gasteiger partial charge on any atom is 0.230 e. The highest BCUT2D eigenvalue weighted by molar-refractivity contribution is 5.04. The van der Waals surface area contributed by atoms with Crippen molar-refractivity contribution < 1.29 is 9.47 Å². The highest BCUT2D eigenvalue weighted by Crippen LogP contribution is 2.37. The first-order valence-corrected chi connectivity index (χ1v) is 3.81. The van der Waals surface area contributed by atoms with Gasteiger partial charge in [0.25, 0.3) is 0 Å². The van der Waals surface area contributed by atoms with Crippen LogP contribution in [0.4, 0.5) is 0 Å². The molecule has 2 heteroatoms. The summed E-state index contributed by atoms with van der Waals surface area (Å²) in [5, 5.41) is 0. The third-order valence-electron chi connectivity index (χ3n) is 2.07. The Kier molecular flexibility index (Phi) is 1.33. The van der Waals surface area contributed by atoms with Crippen LogP contribution in [0.5, 0.6) is 0 Å². The fourth-order valence-electron chi connectivity index (χ4n) is 1.16. The molecule has 0 bridgehead atoms. The molecular formula is C8H12O2. The van der Waals surface area contributed by atoms with Crippen molar-refractivity contribution in [2.75, 3.05) is 6.79 Å². The van der Waals surface area contributed by atoms with Crippen LogP contribution < -0.4 is 0 Å². The van der Waals surface area contributed by atoms with Crippen LogP contribution in [0, 0.1) is 5.92 Å². The standard InChI is InChI=1S/C8H12O2/c1-6-8(10-5-9-6)4-7-2-3-7/h7H,2-5H2,1H3. The van der Waals surface area contributed by atoms with E-state index in [-0.39, 0.29) is 0 Å². The average molecular weight is 140 g/mol. The second kappa shape index (κ2) is 2.19. The van der Waals surface area contributed by atoms with E-state index in [0.717, 1.165) is 23.9 Å². The van der Waals surface area contributed by atoms with E-state index >= 15 is 0 Å². The van der Waals surface area contributed by atoms with Crippen molar-refractivity contribution in [1.29, 1.82) is 0 Å². The molecule has 56 valence electrons. The summed E-state index contributed by atoms with van der Waals surface area (Å²) in [6, 6.07) is 0. The molecule has 0 aromatic carbocycles. The normalized spacial score (nSPS) is 24.5. The lowest BCUT2D eigenvalue weighted by atomic mass is 10.2. The second-order valence-electron chi connectivity index (χ2n) is 3.03. The fourth-order valence-corrected chi connectivity index (χ4v) is 1.16. The maximum atomic E-state index is 5.27. The largest absolute Gasteiger partial charge is 0.459 e. The first kappa shape index (κ1) is 6.08. The Morgan fingerprint density at radius 2 is 2.20 bits per heavy atom. The molecular weight excluding hydrogens is 128 g/mol. The smallest absolute Gasteiger partial charge is 0.230 e. The van der Waals surface area contributed by atoms with Crippen LogP contribution in [0.3, 0.4) is 0 Å². The van der Waals surface area contributed by atoms with E-state index in [1.807, 2.05) is 6.92 Å². The third kappa shape index (κ3) is 1.11. The molecule has 0 radical (unpaired) electrons. The number of allylic oxidation sites excluding steroid dienone is 2. The lowest BCUT2D eigenvalue weighted by molar-refractivity contribution is 0.0689. The SMILES string of the molecule is CC1=C(CC2CC2)OCO1. The van der Waals surface area contributed by atoms with Crippen molar-refractivity contribution >= 4 is 0 Å². The minimum absolute atomic E-state index is 0.438. The van der Waals surface area contributed by atoms with Crippen LogP contribution in [0.15, 0.2) is 11.5 Å². The Bertz CT molecular complexity index is 168.